The smallest absolute Gasteiger partial charge is 0.0292 e. The minimum Gasteiger partial charge on any atom is -0.309 e. The van der Waals surface area contributed by atoms with Gasteiger partial charge in [-0.25, -0.2) is 0 Å². The molecule has 3 heteroatoms. The van der Waals surface area contributed by atoms with Crippen LogP contribution >= 0.6 is 15.9 Å². The van der Waals surface area contributed by atoms with Crippen LogP contribution < -0.4 is 5.32 Å². The highest BCUT2D eigenvalue weighted by molar-refractivity contribution is 9.10. The van der Waals surface area contributed by atoms with Gasteiger partial charge < -0.3 is 10.2 Å². The van der Waals surface area contributed by atoms with Crippen LogP contribution in [-0.4, -0.2) is 31.1 Å². The van der Waals surface area contributed by atoms with Crippen LogP contribution in [-0.2, 0) is 0 Å². The maximum atomic E-state index is 3.59. The van der Waals surface area contributed by atoms with Gasteiger partial charge in [0.25, 0.3) is 0 Å². The molecule has 1 saturated heterocycles. The lowest BCUT2D eigenvalue weighted by atomic mass is 10.1. The largest absolute Gasteiger partial charge is 0.309 e. The predicted molar refractivity (Wildman–Crippen MR) is 76.2 cm³/mol. The summed E-state index contributed by atoms with van der Waals surface area (Å²) in [5.41, 5.74) is 1.35. The number of halogens is 1. The third-order valence-electron chi connectivity index (χ3n) is 3.43. The number of benzene rings is 1. The van der Waals surface area contributed by atoms with Gasteiger partial charge in [0.1, 0.15) is 0 Å². The summed E-state index contributed by atoms with van der Waals surface area (Å²) in [6.07, 6.45) is 2.75. The average Bonchev–Trinajstić information content (AvgIpc) is 2.82. The minimum absolute atomic E-state index is 0.426. The van der Waals surface area contributed by atoms with Crippen LogP contribution in [0.2, 0.25) is 0 Å². The van der Waals surface area contributed by atoms with Crippen molar-refractivity contribution in [2.24, 2.45) is 0 Å². The summed E-state index contributed by atoms with van der Waals surface area (Å²) in [5.74, 6) is 0. The topological polar surface area (TPSA) is 15.3 Å². The molecule has 1 aliphatic heterocycles. The number of nitrogens with zero attached hydrogens (tertiary/aromatic N) is 1. The fraction of sp³-hybridized carbons (Fsp3) is 0.571. The highest BCUT2D eigenvalue weighted by Crippen LogP contribution is 2.17. The fourth-order valence-corrected chi connectivity index (χ4v) is 2.76. The molecular weight excluding hydrogens is 276 g/mol. The third kappa shape index (κ3) is 4.09. The van der Waals surface area contributed by atoms with Crippen LogP contribution in [0.25, 0.3) is 0 Å². The van der Waals surface area contributed by atoms with E-state index in [0.717, 1.165) is 11.0 Å². The first-order valence-corrected chi connectivity index (χ1v) is 7.26. The van der Waals surface area contributed by atoms with E-state index in [1.807, 2.05) is 0 Å². The van der Waals surface area contributed by atoms with Gasteiger partial charge >= 0.3 is 0 Å². The standard InChI is InChI=1S/C14H21BrN2/c1-12(13-5-4-6-14(15)11-13)16-7-10-17-8-2-3-9-17/h4-6,11-12,16H,2-3,7-10H2,1H3. The Kier molecular flexibility index (Phi) is 5.01. The van der Waals surface area contributed by atoms with E-state index in [4.69, 9.17) is 0 Å². The van der Waals surface area contributed by atoms with E-state index in [0.29, 0.717) is 6.04 Å². The first-order chi connectivity index (χ1) is 8.25. The molecule has 17 heavy (non-hydrogen) atoms. The third-order valence-corrected chi connectivity index (χ3v) is 3.92. The van der Waals surface area contributed by atoms with Gasteiger partial charge in [0, 0.05) is 23.6 Å². The zero-order valence-electron chi connectivity index (χ0n) is 10.5. The van der Waals surface area contributed by atoms with Gasteiger partial charge in [-0.1, -0.05) is 28.1 Å². The highest BCUT2D eigenvalue weighted by atomic mass is 79.9. The molecule has 1 N–H and O–H groups in total. The lowest BCUT2D eigenvalue weighted by Gasteiger charge is -2.18. The first-order valence-electron chi connectivity index (χ1n) is 6.47. The van der Waals surface area contributed by atoms with Crippen molar-refractivity contribution in [3.8, 4) is 0 Å². The van der Waals surface area contributed by atoms with Crippen molar-refractivity contribution in [2.45, 2.75) is 25.8 Å². The van der Waals surface area contributed by atoms with Crippen LogP contribution in [0.4, 0.5) is 0 Å². The maximum absolute atomic E-state index is 3.59. The molecule has 0 radical (unpaired) electrons. The molecule has 2 nitrogen and oxygen atoms in total. The molecule has 0 spiro atoms. The number of nitrogens with one attached hydrogen (secondary N) is 1. The van der Waals surface area contributed by atoms with Crippen molar-refractivity contribution in [1.82, 2.24) is 10.2 Å². The fourth-order valence-electron chi connectivity index (χ4n) is 2.34. The molecule has 0 aromatic heterocycles. The summed E-state index contributed by atoms with van der Waals surface area (Å²) in [6, 6.07) is 8.96. The first kappa shape index (κ1) is 13.1. The minimum atomic E-state index is 0.426. The van der Waals surface area contributed by atoms with E-state index in [9.17, 15) is 0 Å². The molecule has 1 aromatic carbocycles. The zero-order chi connectivity index (χ0) is 12.1. The molecule has 1 aromatic rings. The number of rotatable bonds is 5. The van der Waals surface area contributed by atoms with Gasteiger partial charge in [-0.2, -0.15) is 0 Å². The monoisotopic (exact) mass is 296 g/mol. The summed E-state index contributed by atoms with van der Waals surface area (Å²) < 4.78 is 1.16. The van der Waals surface area contributed by atoms with Crippen molar-refractivity contribution in [3.63, 3.8) is 0 Å². The van der Waals surface area contributed by atoms with E-state index >= 15 is 0 Å². The molecule has 1 unspecified atom stereocenters. The molecule has 0 bridgehead atoms. The molecule has 1 aliphatic rings. The summed E-state index contributed by atoms with van der Waals surface area (Å²) in [4.78, 5) is 2.54. The summed E-state index contributed by atoms with van der Waals surface area (Å²) in [7, 11) is 0. The van der Waals surface area contributed by atoms with Crippen molar-refractivity contribution in [3.05, 3.63) is 34.3 Å². The number of hydrogen-bond donors (Lipinski definition) is 1. The normalized spacial score (nSPS) is 18.5. The Bertz CT molecular complexity index is 348. The van der Waals surface area contributed by atoms with Crippen molar-refractivity contribution in [2.75, 3.05) is 26.2 Å². The van der Waals surface area contributed by atoms with Crippen LogP contribution in [0.5, 0.6) is 0 Å². The maximum Gasteiger partial charge on any atom is 0.0292 e. The molecule has 0 aliphatic carbocycles. The molecule has 1 fully saturated rings. The Morgan fingerprint density at radius 1 is 1.35 bits per heavy atom. The van der Waals surface area contributed by atoms with Crippen LogP contribution in [0.15, 0.2) is 28.7 Å². The highest BCUT2D eigenvalue weighted by Gasteiger charge is 2.11. The zero-order valence-corrected chi connectivity index (χ0v) is 12.0. The second-order valence-corrected chi connectivity index (χ2v) is 5.70. The molecular formula is C14H21BrN2. The Balaban J connectivity index is 1.74. The molecule has 1 atom stereocenters. The number of hydrogen-bond acceptors (Lipinski definition) is 2. The second-order valence-electron chi connectivity index (χ2n) is 4.78. The Labute approximate surface area is 113 Å². The quantitative estimate of drug-likeness (QED) is 0.898. The van der Waals surface area contributed by atoms with E-state index < -0.39 is 0 Å². The molecule has 94 valence electrons. The Morgan fingerprint density at radius 2 is 2.12 bits per heavy atom. The van der Waals surface area contributed by atoms with Gasteiger partial charge in [-0.3, -0.25) is 0 Å². The van der Waals surface area contributed by atoms with Crippen molar-refractivity contribution in [1.29, 1.82) is 0 Å². The molecule has 0 amide bonds. The van der Waals surface area contributed by atoms with Gasteiger partial charge in [0.05, 0.1) is 0 Å². The second kappa shape index (κ2) is 6.53. The lowest BCUT2D eigenvalue weighted by Crippen LogP contribution is -2.31. The van der Waals surface area contributed by atoms with E-state index in [1.165, 1.54) is 38.0 Å². The van der Waals surface area contributed by atoms with Crippen LogP contribution in [0, 0.1) is 0 Å². The van der Waals surface area contributed by atoms with Gasteiger partial charge in [0.2, 0.25) is 0 Å². The lowest BCUT2D eigenvalue weighted by molar-refractivity contribution is 0.330. The van der Waals surface area contributed by atoms with Crippen LogP contribution in [0.3, 0.4) is 0 Å². The molecule has 2 rings (SSSR count). The SMILES string of the molecule is CC(NCCN1CCCC1)c1cccc(Br)c1. The van der Waals surface area contributed by atoms with Crippen molar-refractivity contribution < 1.29 is 0 Å². The Morgan fingerprint density at radius 3 is 2.82 bits per heavy atom. The van der Waals surface area contributed by atoms with E-state index in [1.54, 1.807) is 0 Å². The molecule has 1 heterocycles. The molecule has 0 saturated carbocycles. The summed E-state index contributed by atoms with van der Waals surface area (Å²) in [6.45, 7) is 7.05. The average molecular weight is 297 g/mol. The van der Waals surface area contributed by atoms with Crippen LogP contribution in [0.1, 0.15) is 31.4 Å². The Hall–Kier alpha value is -0.380. The summed E-state index contributed by atoms with van der Waals surface area (Å²) >= 11 is 3.52. The summed E-state index contributed by atoms with van der Waals surface area (Å²) in [5, 5.41) is 3.59. The van der Waals surface area contributed by atoms with Gasteiger partial charge in [-0.05, 0) is 50.6 Å². The van der Waals surface area contributed by atoms with E-state index in [-0.39, 0.29) is 0 Å². The number of likely N-dealkylation sites (tertiary alicyclic amines) is 1. The van der Waals surface area contributed by atoms with Gasteiger partial charge in [-0.15, -0.1) is 0 Å². The predicted octanol–water partition coefficient (Wildman–Crippen LogP) is 3.20. The van der Waals surface area contributed by atoms with Crippen molar-refractivity contribution >= 4 is 15.9 Å². The van der Waals surface area contributed by atoms with E-state index in [2.05, 4.69) is 57.3 Å². The van der Waals surface area contributed by atoms with Gasteiger partial charge in [0.15, 0.2) is 0 Å².